The second-order valence-electron chi connectivity index (χ2n) is 5.36. The number of hydrogen-bond acceptors (Lipinski definition) is 5. The molecule has 22 heavy (non-hydrogen) atoms. The van der Waals surface area contributed by atoms with Crippen molar-refractivity contribution in [3.63, 3.8) is 0 Å². The molecule has 0 amide bonds. The number of nitro groups is 1. The van der Waals surface area contributed by atoms with Crippen LogP contribution in [0.5, 0.6) is 0 Å². The van der Waals surface area contributed by atoms with Gasteiger partial charge in [-0.1, -0.05) is 49.6 Å². The van der Waals surface area contributed by atoms with Gasteiger partial charge in [-0.15, -0.1) is 0 Å². The molecule has 0 heterocycles. The minimum absolute atomic E-state index is 0.167. The van der Waals surface area contributed by atoms with Crippen LogP contribution in [0.3, 0.4) is 0 Å². The largest absolute Gasteiger partial charge is 0.479 e. The van der Waals surface area contributed by atoms with Crippen molar-refractivity contribution in [2.24, 2.45) is 11.7 Å². The van der Waals surface area contributed by atoms with Gasteiger partial charge in [-0.25, -0.2) is 4.79 Å². The molecule has 0 spiro atoms. The van der Waals surface area contributed by atoms with Crippen LogP contribution in [-0.2, 0) is 11.3 Å². The summed E-state index contributed by atoms with van der Waals surface area (Å²) in [5.41, 5.74) is 6.54. The molecular formula is C15H22N2O5. The lowest BCUT2D eigenvalue weighted by Gasteiger charge is -2.26. The van der Waals surface area contributed by atoms with Crippen molar-refractivity contribution in [3.8, 4) is 0 Å². The third-order valence-corrected chi connectivity index (χ3v) is 3.77. The highest BCUT2D eigenvalue weighted by atomic mass is 16.6. The molecule has 2 atom stereocenters. The minimum atomic E-state index is -1.88. The van der Waals surface area contributed by atoms with Gasteiger partial charge in [-0.2, -0.15) is 0 Å². The van der Waals surface area contributed by atoms with Crippen LogP contribution in [0.15, 0.2) is 30.3 Å². The molecule has 0 bridgehead atoms. The lowest BCUT2D eigenvalue weighted by atomic mass is 9.80. The Kier molecular flexibility index (Phi) is 7.48. The molecule has 0 aliphatic heterocycles. The van der Waals surface area contributed by atoms with Gasteiger partial charge in [0, 0.05) is 17.9 Å². The highest BCUT2D eigenvalue weighted by molar-refractivity contribution is 5.72. The molecule has 1 aliphatic rings. The Balaban J connectivity index is 0.000000255. The lowest BCUT2D eigenvalue weighted by molar-refractivity contribution is -0.534. The first kappa shape index (κ1) is 18.1. The number of aliphatic hydroxyl groups is 1. The van der Waals surface area contributed by atoms with E-state index in [9.17, 15) is 14.9 Å². The summed E-state index contributed by atoms with van der Waals surface area (Å²) in [7, 11) is 0. The van der Waals surface area contributed by atoms with Crippen LogP contribution in [0.1, 0.15) is 31.2 Å². The fourth-order valence-electron chi connectivity index (χ4n) is 2.18. The quantitative estimate of drug-likeness (QED) is 0.538. The Morgan fingerprint density at radius 3 is 2.27 bits per heavy atom. The number of nitrogens with zero attached hydrogens (tertiary/aromatic N) is 1. The van der Waals surface area contributed by atoms with E-state index < -0.39 is 23.0 Å². The summed E-state index contributed by atoms with van der Waals surface area (Å²) in [5, 5.41) is 28.0. The lowest BCUT2D eigenvalue weighted by Crippen LogP contribution is -2.41. The molecule has 7 heteroatoms. The van der Waals surface area contributed by atoms with Gasteiger partial charge >= 0.3 is 5.97 Å². The van der Waals surface area contributed by atoms with Crippen molar-refractivity contribution in [1.82, 2.24) is 0 Å². The van der Waals surface area contributed by atoms with E-state index >= 15 is 0 Å². The number of rotatable bonds is 6. The van der Waals surface area contributed by atoms with Crippen LogP contribution >= 0.6 is 0 Å². The average Bonchev–Trinajstić information content (AvgIpc) is 2.46. The van der Waals surface area contributed by atoms with Gasteiger partial charge in [-0.05, 0) is 11.5 Å². The van der Waals surface area contributed by atoms with Crippen LogP contribution in [0.25, 0.3) is 0 Å². The van der Waals surface area contributed by atoms with Crippen molar-refractivity contribution in [1.29, 1.82) is 0 Å². The Morgan fingerprint density at radius 1 is 1.36 bits per heavy atom. The van der Waals surface area contributed by atoms with Crippen molar-refractivity contribution < 1.29 is 19.9 Å². The Labute approximate surface area is 128 Å². The SMILES string of the molecule is NCc1ccccc1.O=C(O)[C@H](O)[C@H](CC1CCC1)[N+](=O)[O-]. The Bertz CT molecular complexity index is 476. The molecule has 122 valence electrons. The summed E-state index contributed by atoms with van der Waals surface area (Å²) >= 11 is 0. The zero-order chi connectivity index (χ0) is 16.5. The van der Waals surface area contributed by atoms with Crippen molar-refractivity contribution in [2.45, 2.75) is 44.4 Å². The Hall–Kier alpha value is -1.99. The summed E-state index contributed by atoms with van der Waals surface area (Å²) in [6.45, 7) is 0.640. The predicted octanol–water partition coefficient (Wildman–Crippen LogP) is 1.41. The van der Waals surface area contributed by atoms with E-state index in [2.05, 4.69) is 0 Å². The molecule has 1 saturated carbocycles. The van der Waals surface area contributed by atoms with Crippen LogP contribution in [0.4, 0.5) is 0 Å². The zero-order valence-corrected chi connectivity index (χ0v) is 12.3. The number of carboxylic acids is 1. The molecule has 0 saturated heterocycles. The van der Waals surface area contributed by atoms with Crippen molar-refractivity contribution >= 4 is 5.97 Å². The standard InChI is InChI=1S/C8H13NO5.C7H9N/c10-7(8(11)12)6(9(13)14)4-5-2-1-3-5;8-6-7-4-2-1-3-5-7/h5-7,10H,1-4H2,(H,11,12);1-5H,6,8H2/t6-,7+;/m0./s1. The van der Waals surface area contributed by atoms with Crippen LogP contribution < -0.4 is 5.73 Å². The third kappa shape index (κ3) is 5.79. The zero-order valence-electron chi connectivity index (χ0n) is 12.3. The first-order valence-electron chi connectivity index (χ1n) is 7.24. The van der Waals surface area contributed by atoms with E-state index in [0.29, 0.717) is 6.54 Å². The maximum Gasteiger partial charge on any atom is 0.339 e. The second kappa shape index (κ2) is 9.11. The maximum atomic E-state index is 10.5. The van der Waals surface area contributed by atoms with E-state index in [-0.39, 0.29) is 12.3 Å². The first-order chi connectivity index (χ1) is 10.5. The molecule has 0 radical (unpaired) electrons. The average molecular weight is 310 g/mol. The number of carbonyl (C=O) groups is 1. The topological polar surface area (TPSA) is 127 Å². The first-order valence-corrected chi connectivity index (χ1v) is 7.24. The smallest absolute Gasteiger partial charge is 0.339 e. The van der Waals surface area contributed by atoms with E-state index in [1.807, 2.05) is 30.3 Å². The normalized spacial score (nSPS) is 16.6. The minimum Gasteiger partial charge on any atom is -0.479 e. The van der Waals surface area contributed by atoms with Crippen molar-refractivity contribution in [2.75, 3.05) is 0 Å². The van der Waals surface area contributed by atoms with E-state index in [1.54, 1.807) is 0 Å². The number of benzene rings is 1. The molecule has 1 aromatic rings. The molecule has 1 fully saturated rings. The third-order valence-electron chi connectivity index (χ3n) is 3.77. The fourth-order valence-corrected chi connectivity index (χ4v) is 2.18. The highest BCUT2D eigenvalue weighted by Gasteiger charge is 2.38. The molecule has 0 aromatic heterocycles. The second-order valence-corrected chi connectivity index (χ2v) is 5.36. The highest BCUT2D eigenvalue weighted by Crippen LogP contribution is 2.31. The molecule has 1 aromatic carbocycles. The fraction of sp³-hybridized carbons (Fsp3) is 0.533. The number of aliphatic carboxylic acids is 1. The van der Waals surface area contributed by atoms with Crippen LogP contribution in [0, 0.1) is 16.0 Å². The molecule has 0 unspecified atom stereocenters. The maximum absolute atomic E-state index is 10.5. The van der Waals surface area contributed by atoms with Gasteiger partial charge in [-0.3, -0.25) is 10.1 Å². The monoisotopic (exact) mass is 310 g/mol. The molecule has 1 aliphatic carbocycles. The molecule has 2 rings (SSSR count). The molecule has 4 N–H and O–H groups in total. The van der Waals surface area contributed by atoms with Gasteiger partial charge in [0.1, 0.15) is 0 Å². The summed E-state index contributed by atoms with van der Waals surface area (Å²) in [6.07, 6.45) is 1.12. The number of aliphatic hydroxyl groups excluding tert-OH is 1. The summed E-state index contributed by atoms with van der Waals surface area (Å²) < 4.78 is 0. The van der Waals surface area contributed by atoms with E-state index in [4.69, 9.17) is 15.9 Å². The number of carboxylic acid groups (broad SMARTS) is 1. The van der Waals surface area contributed by atoms with Gasteiger partial charge < -0.3 is 15.9 Å². The van der Waals surface area contributed by atoms with Crippen LogP contribution in [0.2, 0.25) is 0 Å². The number of nitrogens with two attached hydrogens (primary N) is 1. The van der Waals surface area contributed by atoms with Gasteiger partial charge in [0.2, 0.25) is 12.1 Å². The summed E-state index contributed by atoms with van der Waals surface area (Å²) in [4.78, 5) is 20.2. The van der Waals surface area contributed by atoms with Crippen molar-refractivity contribution in [3.05, 3.63) is 46.0 Å². The molecule has 7 nitrogen and oxygen atoms in total. The summed E-state index contributed by atoms with van der Waals surface area (Å²) in [6, 6.07) is 8.63. The Morgan fingerprint density at radius 2 is 1.95 bits per heavy atom. The van der Waals surface area contributed by atoms with Gasteiger partial charge in [0.15, 0.2) is 0 Å². The van der Waals surface area contributed by atoms with Gasteiger partial charge in [0.05, 0.1) is 0 Å². The summed E-state index contributed by atoms with van der Waals surface area (Å²) in [5.74, 6) is -1.31. The van der Waals surface area contributed by atoms with Gasteiger partial charge in [0.25, 0.3) is 0 Å². The van der Waals surface area contributed by atoms with Crippen LogP contribution in [-0.4, -0.2) is 33.3 Å². The molecular weight excluding hydrogens is 288 g/mol. The van der Waals surface area contributed by atoms with E-state index in [0.717, 1.165) is 19.3 Å². The number of hydrogen-bond donors (Lipinski definition) is 3. The predicted molar refractivity (Wildman–Crippen MR) is 80.7 cm³/mol. The van der Waals surface area contributed by atoms with E-state index in [1.165, 1.54) is 5.56 Å².